The number of hydrogen-bond acceptors (Lipinski definition) is 6. The molecule has 132 valence electrons. The lowest BCUT2D eigenvalue weighted by Crippen LogP contribution is -2.14. The van der Waals surface area contributed by atoms with Crippen molar-refractivity contribution in [3.8, 4) is 6.07 Å². The molecule has 0 bridgehead atoms. The molecular weight excluding hydrogens is 342 g/mol. The van der Waals surface area contributed by atoms with Crippen LogP contribution in [0.1, 0.15) is 33.3 Å². The van der Waals surface area contributed by atoms with Gasteiger partial charge in [-0.2, -0.15) is 5.26 Å². The molecule has 7 nitrogen and oxygen atoms in total. The molecule has 0 atom stereocenters. The van der Waals surface area contributed by atoms with Gasteiger partial charge in [-0.15, -0.1) is 0 Å². The molecule has 0 aliphatic rings. The second kappa shape index (κ2) is 7.89. The van der Waals surface area contributed by atoms with Crippen LogP contribution in [0.4, 0.5) is 17.2 Å². The molecule has 0 saturated heterocycles. The highest BCUT2D eigenvalue weighted by Gasteiger charge is 2.10. The summed E-state index contributed by atoms with van der Waals surface area (Å²) < 4.78 is 0. The van der Waals surface area contributed by atoms with E-state index in [9.17, 15) is 9.59 Å². The fourth-order valence-electron chi connectivity index (χ4n) is 2.34. The highest BCUT2D eigenvalue weighted by molar-refractivity contribution is 6.03. The molecule has 0 aliphatic heterocycles. The van der Waals surface area contributed by atoms with Gasteiger partial charge in [0.25, 0.3) is 5.91 Å². The number of carbonyl (C=O) groups excluding carboxylic acids is 2. The van der Waals surface area contributed by atoms with Gasteiger partial charge in [-0.05, 0) is 37.3 Å². The van der Waals surface area contributed by atoms with E-state index >= 15 is 0 Å². The average molecular weight is 357 g/mol. The van der Waals surface area contributed by atoms with E-state index in [1.807, 2.05) is 0 Å². The van der Waals surface area contributed by atoms with E-state index in [2.05, 4.69) is 26.7 Å². The predicted octanol–water partition coefficient (Wildman–Crippen LogP) is 3.55. The van der Waals surface area contributed by atoms with Gasteiger partial charge in [0.2, 0.25) is 0 Å². The zero-order valence-corrected chi connectivity index (χ0v) is 14.4. The number of anilines is 3. The monoisotopic (exact) mass is 357 g/mol. The quantitative estimate of drug-likeness (QED) is 0.676. The van der Waals surface area contributed by atoms with Crippen LogP contribution in [-0.4, -0.2) is 21.7 Å². The Morgan fingerprint density at radius 2 is 1.78 bits per heavy atom. The number of carbonyl (C=O) groups is 2. The molecule has 0 aliphatic carbocycles. The molecule has 0 fully saturated rings. The summed E-state index contributed by atoms with van der Waals surface area (Å²) in [6, 6.07) is 15.7. The zero-order chi connectivity index (χ0) is 19.2. The SMILES string of the molecule is CC(=O)c1cccc(NC(=O)c2cnc(Nc3cccc(C#N)c3)cn2)c1. The Morgan fingerprint density at radius 3 is 2.48 bits per heavy atom. The number of nitriles is 1. The van der Waals surface area contributed by atoms with Crippen LogP contribution in [0.2, 0.25) is 0 Å². The van der Waals surface area contributed by atoms with Crippen molar-refractivity contribution in [2.75, 3.05) is 10.6 Å². The lowest BCUT2D eigenvalue weighted by atomic mass is 10.1. The minimum Gasteiger partial charge on any atom is -0.339 e. The average Bonchev–Trinajstić information content (AvgIpc) is 2.69. The van der Waals surface area contributed by atoms with Crippen molar-refractivity contribution in [2.24, 2.45) is 0 Å². The lowest BCUT2D eigenvalue weighted by molar-refractivity contribution is 0.100. The summed E-state index contributed by atoms with van der Waals surface area (Å²) >= 11 is 0. The van der Waals surface area contributed by atoms with Crippen molar-refractivity contribution in [2.45, 2.75) is 6.92 Å². The highest BCUT2D eigenvalue weighted by atomic mass is 16.2. The van der Waals surface area contributed by atoms with E-state index in [0.29, 0.717) is 28.3 Å². The lowest BCUT2D eigenvalue weighted by Gasteiger charge is -2.08. The third-order valence-electron chi connectivity index (χ3n) is 3.68. The van der Waals surface area contributed by atoms with Crippen molar-refractivity contribution < 1.29 is 9.59 Å². The second-order valence-electron chi connectivity index (χ2n) is 5.70. The zero-order valence-electron chi connectivity index (χ0n) is 14.4. The van der Waals surface area contributed by atoms with E-state index < -0.39 is 5.91 Å². The third-order valence-corrected chi connectivity index (χ3v) is 3.68. The molecule has 3 aromatic rings. The topological polar surface area (TPSA) is 108 Å². The number of amides is 1. The molecule has 7 heteroatoms. The first-order chi connectivity index (χ1) is 13.0. The molecule has 3 rings (SSSR count). The van der Waals surface area contributed by atoms with Crippen LogP contribution < -0.4 is 10.6 Å². The van der Waals surface area contributed by atoms with E-state index in [0.717, 1.165) is 0 Å². The first-order valence-electron chi connectivity index (χ1n) is 8.07. The van der Waals surface area contributed by atoms with Gasteiger partial charge in [0.05, 0.1) is 24.0 Å². The number of hydrogen-bond donors (Lipinski definition) is 2. The van der Waals surface area contributed by atoms with Gasteiger partial charge < -0.3 is 10.6 Å². The molecule has 27 heavy (non-hydrogen) atoms. The third kappa shape index (κ3) is 4.52. The van der Waals surface area contributed by atoms with Gasteiger partial charge in [-0.25, -0.2) is 9.97 Å². The molecular formula is C20H15N5O2. The standard InChI is InChI=1S/C20H15N5O2/c1-13(26)15-5-3-7-17(9-15)25-20(27)18-11-23-19(12-22-18)24-16-6-2-4-14(8-16)10-21/h2-9,11-12H,1H3,(H,23,24)(H,25,27). The van der Waals surface area contributed by atoms with Crippen molar-refractivity contribution in [3.63, 3.8) is 0 Å². The van der Waals surface area contributed by atoms with E-state index in [1.165, 1.54) is 19.3 Å². The summed E-state index contributed by atoms with van der Waals surface area (Å²) in [5, 5.41) is 14.6. The first kappa shape index (κ1) is 17.8. The van der Waals surface area contributed by atoms with Crippen molar-refractivity contribution >= 4 is 28.9 Å². The summed E-state index contributed by atoms with van der Waals surface area (Å²) in [6.45, 7) is 1.46. The maximum absolute atomic E-state index is 12.3. The maximum atomic E-state index is 12.3. The van der Waals surface area contributed by atoms with Gasteiger partial charge in [0.1, 0.15) is 11.5 Å². The number of ketones is 1. The normalized spacial score (nSPS) is 9.93. The molecule has 0 radical (unpaired) electrons. The Bertz CT molecular complexity index is 1040. The second-order valence-corrected chi connectivity index (χ2v) is 5.70. The molecule has 2 N–H and O–H groups in total. The van der Waals surface area contributed by atoms with Crippen molar-refractivity contribution in [1.29, 1.82) is 5.26 Å². The molecule has 0 unspecified atom stereocenters. The van der Waals surface area contributed by atoms with Crippen LogP contribution in [0, 0.1) is 11.3 Å². The van der Waals surface area contributed by atoms with Crippen LogP contribution in [0.15, 0.2) is 60.9 Å². The number of nitrogens with one attached hydrogen (secondary N) is 2. The van der Waals surface area contributed by atoms with E-state index in [-0.39, 0.29) is 11.5 Å². The smallest absolute Gasteiger partial charge is 0.275 e. The summed E-state index contributed by atoms with van der Waals surface area (Å²) in [7, 11) is 0. The molecule has 0 saturated carbocycles. The molecule has 1 amide bonds. The fourth-order valence-corrected chi connectivity index (χ4v) is 2.34. The van der Waals surface area contributed by atoms with Gasteiger partial charge in [0.15, 0.2) is 5.78 Å². The number of aromatic nitrogens is 2. The Kier molecular flexibility index (Phi) is 5.19. The van der Waals surface area contributed by atoms with Crippen LogP contribution in [-0.2, 0) is 0 Å². The van der Waals surface area contributed by atoms with Crippen LogP contribution in [0.5, 0.6) is 0 Å². The van der Waals surface area contributed by atoms with Gasteiger partial charge in [0, 0.05) is 16.9 Å². The highest BCUT2D eigenvalue weighted by Crippen LogP contribution is 2.16. The predicted molar refractivity (Wildman–Crippen MR) is 101 cm³/mol. The number of benzene rings is 2. The van der Waals surface area contributed by atoms with E-state index in [4.69, 9.17) is 5.26 Å². The van der Waals surface area contributed by atoms with Crippen LogP contribution >= 0.6 is 0 Å². The first-order valence-corrected chi connectivity index (χ1v) is 8.07. The van der Waals surface area contributed by atoms with Gasteiger partial charge in [-0.1, -0.05) is 18.2 Å². The molecule has 1 heterocycles. The number of nitrogens with zero attached hydrogens (tertiary/aromatic N) is 3. The summed E-state index contributed by atoms with van der Waals surface area (Å²) in [6.07, 6.45) is 2.78. The largest absolute Gasteiger partial charge is 0.339 e. The number of Topliss-reactive ketones (excluding diaryl/α,β-unsaturated/α-hetero) is 1. The summed E-state index contributed by atoms with van der Waals surface area (Å²) in [5.41, 5.74) is 2.38. The Balaban J connectivity index is 1.69. The van der Waals surface area contributed by atoms with Crippen LogP contribution in [0.25, 0.3) is 0 Å². The minimum absolute atomic E-state index is 0.0817. The van der Waals surface area contributed by atoms with E-state index in [1.54, 1.807) is 48.5 Å². The Labute approximate surface area is 155 Å². The van der Waals surface area contributed by atoms with Crippen LogP contribution in [0.3, 0.4) is 0 Å². The Hall–Kier alpha value is -4.05. The maximum Gasteiger partial charge on any atom is 0.275 e. The molecule has 0 spiro atoms. The van der Waals surface area contributed by atoms with Crippen molar-refractivity contribution in [3.05, 3.63) is 77.7 Å². The summed E-state index contributed by atoms with van der Waals surface area (Å²) in [5.74, 6) is -0.0665. The summed E-state index contributed by atoms with van der Waals surface area (Å²) in [4.78, 5) is 32.0. The molecule has 2 aromatic carbocycles. The minimum atomic E-state index is -0.429. The van der Waals surface area contributed by atoms with Gasteiger partial charge in [-0.3, -0.25) is 9.59 Å². The van der Waals surface area contributed by atoms with Gasteiger partial charge >= 0.3 is 0 Å². The molecule has 1 aromatic heterocycles. The van der Waals surface area contributed by atoms with Crippen molar-refractivity contribution in [1.82, 2.24) is 9.97 Å². The number of rotatable bonds is 5. The Morgan fingerprint density at radius 1 is 1.00 bits per heavy atom. The fraction of sp³-hybridized carbons (Fsp3) is 0.0500.